The molecule has 0 aliphatic carbocycles. The number of aromatic nitrogens is 3. The van der Waals surface area contributed by atoms with Gasteiger partial charge >= 0.3 is 0 Å². The number of carbonyl (C=O) groups is 2. The molecule has 4 heterocycles. The van der Waals surface area contributed by atoms with E-state index in [0.29, 0.717) is 16.9 Å². The first-order valence-corrected chi connectivity index (χ1v) is 9.85. The van der Waals surface area contributed by atoms with Gasteiger partial charge in [-0.3, -0.25) is 20.2 Å². The van der Waals surface area contributed by atoms with Crippen LogP contribution in [-0.4, -0.2) is 44.6 Å². The second-order valence-electron chi connectivity index (χ2n) is 7.18. The van der Waals surface area contributed by atoms with Crippen molar-refractivity contribution in [2.45, 2.75) is 19.8 Å². The molecule has 0 unspecified atom stereocenters. The Balaban J connectivity index is 1.76. The molecule has 0 radical (unpaired) electrons. The summed E-state index contributed by atoms with van der Waals surface area (Å²) in [6.45, 7) is 3.76. The maximum Gasteiger partial charge on any atom is 0.263 e. The molecule has 0 spiro atoms. The lowest BCUT2D eigenvalue weighted by molar-refractivity contribution is -0.123. The Bertz CT molecular complexity index is 1220. The normalized spacial score (nSPS) is 17.2. The smallest absolute Gasteiger partial charge is 0.263 e. The number of anilines is 1. The first-order valence-electron chi connectivity index (χ1n) is 9.44. The van der Waals surface area contributed by atoms with Crippen molar-refractivity contribution in [1.29, 1.82) is 0 Å². The zero-order valence-electron chi connectivity index (χ0n) is 15.7. The van der Waals surface area contributed by atoms with Gasteiger partial charge < -0.3 is 4.90 Å². The fourth-order valence-corrected chi connectivity index (χ4v) is 4.09. The quantitative estimate of drug-likeness (QED) is 0.382. The van der Waals surface area contributed by atoms with Crippen LogP contribution in [0.3, 0.4) is 0 Å². The highest BCUT2D eigenvalue weighted by Gasteiger charge is 2.27. The molecule has 2 aromatic heterocycles. The van der Waals surface area contributed by atoms with Gasteiger partial charge in [-0.2, -0.15) is 5.10 Å². The molecular formula is C20H18N6O2S. The molecule has 29 heavy (non-hydrogen) atoms. The molecule has 0 bridgehead atoms. The van der Waals surface area contributed by atoms with E-state index in [1.165, 1.54) is 0 Å². The Morgan fingerprint density at radius 1 is 1.10 bits per heavy atom. The van der Waals surface area contributed by atoms with Crippen LogP contribution >= 0.6 is 12.2 Å². The Hall–Kier alpha value is -3.33. The van der Waals surface area contributed by atoms with Crippen molar-refractivity contribution in [3.8, 4) is 0 Å². The summed E-state index contributed by atoms with van der Waals surface area (Å²) in [7, 11) is 0. The number of fused-ring (bicyclic) bond motifs is 3. The Morgan fingerprint density at radius 3 is 2.52 bits per heavy atom. The van der Waals surface area contributed by atoms with Crippen LogP contribution < -0.4 is 15.5 Å². The highest BCUT2D eigenvalue weighted by atomic mass is 32.1. The van der Waals surface area contributed by atoms with E-state index >= 15 is 0 Å². The SMILES string of the molecule is Cc1nn2c(nc(N3CCCC3)c3ccccc32)c1C=C1C(=O)NC(=S)NC1=O. The van der Waals surface area contributed by atoms with E-state index in [4.69, 9.17) is 17.2 Å². The number of rotatable bonds is 2. The van der Waals surface area contributed by atoms with Crippen LogP contribution in [0, 0.1) is 6.92 Å². The van der Waals surface area contributed by atoms with Crippen LogP contribution in [0.4, 0.5) is 5.82 Å². The Labute approximate surface area is 171 Å². The summed E-state index contributed by atoms with van der Waals surface area (Å²) in [5, 5.41) is 10.6. The molecular weight excluding hydrogens is 388 g/mol. The van der Waals surface area contributed by atoms with Crippen LogP contribution in [0.15, 0.2) is 29.8 Å². The molecule has 3 aromatic rings. The number of thiocarbonyl (C=S) groups is 1. The lowest BCUT2D eigenvalue weighted by Crippen LogP contribution is -2.51. The maximum atomic E-state index is 12.3. The molecule has 0 atom stereocenters. The van der Waals surface area contributed by atoms with E-state index in [-0.39, 0.29) is 10.7 Å². The summed E-state index contributed by atoms with van der Waals surface area (Å²) in [4.78, 5) is 31.8. The van der Waals surface area contributed by atoms with Crippen molar-refractivity contribution >= 4 is 57.6 Å². The Morgan fingerprint density at radius 2 is 1.79 bits per heavy atom. The number of carbonyl (C=O) groups excluding carboxylic acids is 2. The largest absolute Gasteiger partial charge is 0.356 e. The third-order valence-electron chi connectivity index (χ3n) is 5.30. The molecule has 2 N–H and O–H groups in total. The summed E-state index contributed by atoms with van der Waals surface area (Å²) in [5.74, 6) is -0.153. The number of aryl methyl sites for hydroxylation is 1. The fraction of sp³-hybridized carbons (Fsp3) is 0.250. The van der Waals surface area contributed by atoms with E-state index in [2.05, 4.69) is 20.6 Å². The zero-order valence-corrected chi connectivity index (χ0v) is 16.5. The number of nitrogens with one attached hydrogen (secondary N) is 2. The van der Waals surface area contributed by atoms with E-state index in [9.17, 15) is 9.59 Å². The molecule has 0 saturated carbocycles. The van der Waals surface area contributed by atoms with Crippen molar-refractivity contribution in [2.75, 3.05) is 18.0 Å². The van der Waals surface area contributed by atoms with Gasteiger partial charge in [0.15, 0.2) is 10.8 Å². The van der Waals surface area contributed by atoms with Gasteiger partial charge in [0.05, 0.1) is 11.2 Å². The van der Waals surface area contributed by atoms with Gasteiger partial charge in [-0.15, -0.1) is 0 Å². The minimum absolute atomic E-state index is 0.00850. The average Bonchev–Trinajstić information content (AvgIpc) is 3.32. The molecule has 9 heteroatoms. The lowest BCUT2D eigenvalue weighted by Gasteiger charge is -2.19. The lowest BCUT2D eigenvalue weighted by atomic mass is 10.1. The minimum Gasteiger partial charge on any atom is -0.356 e. The molecule has 2 saturated heterocycles. The predicted octanol–water partition coefficient (Wildman–Crippen LogP) is 1.71. The van der Waals surface area contributed by atoms with Crippen molar-refractivity contribution in [3.05, 3.63) is 41.1 Å². The summed E-state index contributed by atoms with van der Waals surface area (Å²) in [5.41, 5.74) is 2.86. The first-order chi connectivity index (χ1) is 14.0. The van der Waals surface area contributed by atoms with Crippen molar-refractivity contribution < 1.29 is 9.59 Å². The number of hydrogen-bond donors (Lipinski definition) is 2. The van der Waals surface area contributed by atoms with Gasteiger partial charge in [-0.25, -0.2) is 9.50 Å². The van der Waals surface area contributed by atoms with Gasteiger partial charge in [-0.1, -0.05) is 12.1 Å². The molecule has 5 rings (SSSR count). The predicted molar refractivity (Wildman–Crippen MR) is 114 cm³/mol. The fourth-order valence-electron chi connectivity index (χ4n) is 3.90. The molecule has 2 aliphatic heterocycles. The van der Waals surface area contributed by atoms with Gasteiger partial charge in [0, 0.05) is 24.0 Å². The number of benzene rings is 1. The second kappa shape index (κ2) is 6.63. The standard InChI is InChI=1S/C20H18N6O2S/c1-11-13(10-14-18(27)22-20(29)23-19(14)28)17-21-16(25-8-4-5-9-25)12-6-2-3-7-15(12)26(17)24-11/h2-3,6-7,10H,4-5,8-9H2,1H3,(H2,22,23,27,28,29). The molecule has 8 nitrogen and oxygen atoms in total. The van der Waals surface area contributed by atoms with Crippen LogP contribution in [0.2, 0.25) is 0 Å². The number of nitrogens with zero attached hydrogens (tertiary/aromatic N) is 4. The number of para-hydroxylation sites is 1. The third kappa shape index (κ3) is 2.85. The molecule has 2 fully saturated rings. The molecule has 146 valence electrons. The molecule has 2 amide bonds. The molecule has 2 aliphatic rings. The van der Waals surface area contributed by atoms with Gasteiger partial charge in [0.25, 0.3) is 11.8 Å². The van der Waals surface area contributed by atoms with Crippen LogP contribution in [0.25, 0.3) is 22.6 Å². The third-order valence-corrected chi connectivity index (χ3v) is 5.51. The summed E-state index contributed by atoms with van der Waals surface area (Å²) < 4.78 is 1.78. The van der Waals surface area contributed by atoms with Crippen molar-refractivity contribution in [2.24, 2.45) is 0 Å². The van der Waals surface area contributed by atoms with Gasteiger partial charge in [0.2, 0.25) is 0 Å². The number of hydrogen-bond acceptors (Lipinski definition) is 6. The first kappa shape index (κ1) is 17.7. The summed E-state index contributed by atoms with van der Waals surface area (Å²) in [6.07, 6.45) is 3.81. The monoisotopic (exact) mass is 406 g/mol. The minimum atomic E-state index is -0.530. The van der Waals surface area contributed by atoms with Crippen molar-refractivity contribution in [1.82, 2.24) is 25.2 Å². The van der Waals surface area contributed by atoms with E-state index in [1.807, 2.05) is 31.2 Å². The van der Waals surface area contributed by atoms with E-state index < -0.39 is 11.8 Å². The average molecular weight is 406 g/mol. The van der Waals surface area contributed by atoms with Crippen LogP contribution in [0.5, 0.6) is 0 Å². The van der Waals surface area contributed by atoms with Crippen LogP contribution in [-0.2, 0) is 9.59 Å². The summed E-state index contributed by atoms with van der Waals surface area (Å²) in [6, 6.07) is 8.01. The van der Waals surface area contributed by atoms with Crippen LogP contribution in [0.1, 0.15) is 24.1 Å². The van der Waals surface area contributed by atoms with Crippen molar-refractivity contribution in [3.63, 3.8) is 0 Å². The van der Waals surface area contributed by atoms with Gasteiger partial charge in [0.1, 0.15) is 11.4 Å². The molecule has 1 aromatic carbocycles. The summed E-state index contributed by atoms with van der Waals surface area (Å²) >= 11 is 4.87. The van der Waals surface area contributed by atoms with Gasteiger partial charge in [-0.05, 0) is 50.2 Å². The topological polar surface area (TPSA) is 91.6 Å². The van der Waals surface area contributed by atoms with E-state index in [1.54, 1.807) is 10.6 Å². The Kier molecular flexibility index (Phi) is 4.06. The number of amides is 2. The maximum absolute atomic E-state index is 12.3. The van der Waals surface area contributed by atoms with E-state index in [0.717, 1.165) is 42.7 Å². The highest BCUT2D eigenvalue weighted by molar-refractivity contribution is 7.80. The highest BCUT2D eigenvalue weighted by Crippen LogP contribution is 2.31. The second-order valence-corrected chi connectivity index (χ2v) is 7.58. The zero-order chi connectivity index (χ0) is 20.1.